The number of hydrogen-bond acceptors (Lipinski definition) is 4. The summed E-state index contributed by atoms with van der Waals surface area (Å²) in [6, 6.07) is 15.1. The molecular weight excluding hydrogens is 490 g/mol. The van der Waals surface area contributed by atoms with Crippen molar-refractivity contribution in [1.82, 2.24) is 0 Å². The predicted molar refractivity (Wildman–Crippen MR) is 164 cm³/mol. The SMILES string of the molecule is CCCCCCCCCCCCCCCCS(=O)(=O)c1ccc(C=Cc2ccc(N(C)C(C)O)cc2)cc1. The van der Waals surface area contributed by atoms with E-state index >= 15 is 0 Å². The molecule has 1 unspecified atom stereocenters. The minimum atomic E-state index is -3.23. The van der Waals surface area contributed by atoms with Gasteiger partial charge in [-0.1, -0.05) is 127 Å². The average Bonchev–Trinajstić information content (AvgIpc) is 2.92. The van der Waals surface area contributed by atoms with Crippen LogP contribution in [-0.4, -0.2) is 32.6 Å². The third-order valence-electron chi connectivity index (χ3n) is 7.33. The van der Waals surface area contributed by atoms with Crippen molar-refractivity contribution in [1.29, 1.82) is 0 Å². The van der Waals surface area contributed by atoms with Gasteiger partial charge in [-0.05, 0) is 48.7 Å². The first-order chi connectivity index (χ1) is 18.3. The van der Waals surface area contributed by atoms with Crippen molar-refractivity contribution >= 4 is 27.7 Å². The van der Waals surface area contributed by atoms with Crippen molar-refractivity contribution in [2.45, 2.75) is 115 Å². The molecule has 38 heavy (non-hydrogen) atoms. The smallest absolute Gasteiger partial charge is 0.178 e. The van der Waals surface area contributed by atoms with Crippen LogP contribution in [0.5, 0.6) is 0 Å². The lowest BCUT2D eigenvalue weighted by Gasteiger charge is -2.22. The van der Waals surface area contributed by atoms with Crippen LogP contribution < -0.4 is 4.90 Å². The van der Waals surface area contributed by atoms with E-state index in [4.69, 9.17) is 0 Å². The number of sulfone groups is 1. The van der Waals surface area contributed by atoms with Crippen molar-refractivity contribution in [2.75, 3.05) is 17.7 Å². The van der Waals surface area contributed by atoms with Gasteiger partial charge in [-0.2, -0.15) is 0 Å². The fraction of sp³-hybridized carbons (Fsp3) is 0.576. The molecule has 2 aromatic carbocycles. The van der Waals surface area contributed by atoms with Crippen molar-refractivity contribution in [3.63, 3.8) is 0 Å². The van der Waals surface area contributed by atoms with Gasteiger partial charge < -0.3 is 10.0 Å². The van der Waals surface area contributed by atoms with E-state index in [0.717, 1.165) is 36.1 Å². The Balaban J connectivity index is 1.63. The Morgan fingerprint density at radius 1 is 0.684 bits per heavy atom. The zero-order valence-corrected chi connectivity index (χ0v) is 24.9. The van der Waals surface area contributed by atoms with Crippen LogP contribution >= 0.6 is 0 Å². The van der Waals surface area contributed by atoms with Crippen LogP contribution in [0.4, 0.5) is 5.69 Å². The van der Waals surface area contributed by atoms with Crippen LogP contribution in [0.2, 0.25) is 0 Å². The summed E-state index contributed by atoms with van der Waals surface area (Å²) < 4.78 is 25.5. The van der Waals surface area contributed by atoms with E-state index in [0.29, 0.717) is 4.90 Å². The molecule has 212 valence electrons. The molecule has 0 heterocycles. The van der Waals surface area contributed by atoms with E-state index in [1.165, 1.54) is 70.6 Å². The average molecular weight is 542 g/mol. The fourth-order valence-electron chi connectivity index (χ4n) is 4.62. The van der Waals surface area contributed by atoms with E-state index in [1.807, 2.05) is 55.6 Å². The molecule has 0 aliphatic rings. The maximum atomic E-state index is 12.7. The standard InChI is InChI=1S/C33H51NO3S/c1-4-5-6-7-8-9-10-11-12-13-14-15-16-17-28-38(36,37)33-26-22-31(23-27-33)19-18-30-20-24-32(25-21-30)34(3)29(2)35/h18-27,29,35H,4-17,28H2,1-3H3. The quantitative estimate of drug-likeness (QED) is 0.103. The summed E-state index contributed by atoms with van der Waals surface area (Å²) in [4.78, 5) is 2.21. The zero-order chi connectivity index (χ0) is 27.6. The summed E-state index contributed by atoms with van der Waals surface area (Å²) in [5.74, 6) is 0.230. The Hall–Kier alpha value is -2.11. The fourth-order valence-corrected chi connectivity index (χ4v) is 5.99. The third kappa shape index (κ3) is 12.6. The van der Waals surface area contributed by atoms with Gasteiger partial charge in [-0.15, -0.1) is 0 Å². The molecule has 0 fully saturated rings. The van der Waals surface area contributed by atoms with Crippen LogP contribution in [0.1, 0.15) is 115 Å². The molecule has 0 saturated heterocycles. The number of rotatable bonds is 20. The molecular formula is C33H51NO3S. The van der Waals surface area contributed by atoms with Gasteiger partial charge in [-0.25, -0.2) is 8.42 Å². The maximum absolute atomic E-state index is 12.7. The summed E-state index contributed by atoms with van der Waals surface area (Å²) in [5.41, 5.74) is 2.96. The number of nitrogens with zero attached hydrogens (tertiary/aromatic N) is 1. The molecule has 0 aliphatic heterocycles. The largest absolute Gasteiger partial charge is 0.374 e. The van der Waals surface area contributed by atoms with Crippen LogP contribution in [0.15, 0.2) is 53.4 Å². The molecule has 0 spiro atoms. The number of aliphatic hydroxyl groups excluding tert-OH is 1. The van der Waals surface area contributed by atoms with Crippen LogP contribution in [0, 0.1) is 0 Å². The predicted octanol–water partition coefficient (Wildman–Crippen LogP) is 8.89. The number of aliphatic hydroxyl groups is 1. The molecule has 5 heteroatoms. The minimum Gasteiger partial charge on any atom is -0.374 e. The molecule has 4 nitrogen and oxygen atoms in total. The minimum absolute atomic E-state index is 0.230. The highest BCUT2D eigenvalue weighted by Crippen LogP contribution is 2.19. The number of anilines is 1. The maximum Gasteiger partial charge on any atom is 0.178 e. The van der Waals surface area contributed by atoms with E-state index in [2.05, 4.69) is 6.92 Å². The first kappa shape index (κ1) is 32.1. The summed E-state index contributed by atoms with van der Waals surface area (Å²) in [7, 11) is -1.38. The highest BCUT2D eigenvalue weighted by molar-refractivity contribution is 7.91. The number of benzene rings is 2. The Morgan fingerprint density at radius 2 is 1.08 bits per heavy atom. The highest BCUT2D eigenvalue weighted by atomic mass is 32.2. The van der Waals surface area contributed by atoms with Crippen LogP contribution in [0.3, 0.4) is 0 Å². The van der Waals surface area contributed by atoms with Gasteiger partial charge in [0.1, 0.15) is 6.23 Å². The molecule has 0 aliphatic carbocycles. The van der Waals surface area contributed by atoms with Gasteiger partial charge in [0.2, 0.25) is 0 Å². The Morgan fingerprint density at radius 3 is 1.50 bits per heavy atom. The second kappa shape index (κ2) is 18.2. The third-order valence-corrected chi connectivity index (χ3v) is 9.15. The summed E-state index contributed by atoms with van der Waals surface area (Å²) in [6.45, 7) is 4.00. The first-order valence-electron chi connectivity index (χ1n) is 14.9. The summed E-state index contributed by atoms with van der Waals surface area (Å²) in [6.07, 6.45) is 21.1. The molecule has 0 amide bonds. The van der Waals surface area contributed by atoms with Gasteiger partial charge >= 0.3 is 0 Å². The monoisotopic (exact) mass is 541 g/mol. The lowest BCUT2D eigenvalue weighted by atomic mass is 10.0. The van der Waals surface area contributed by atoms with Gasteiger partial charge in [0.25, 0.3) is 0 Å². The lowest BCUT2D eigenvalue weighted by molar-refractivity contribution is 0.195. The van der Waals surface area contributed by atoms with Gasteiger partial charge in [-0.3, -0.25) is 0 Å². The van der Waals surface area contributed by atoms with E-state index in [1.54, 1.807) is 24.0 Å². The Bertz CT molecular complexity index is 1010. The molecule has 2 aromatic rings. The number of hydrogen-bond donors (Lipinski definition) is 1. The molecule has 2 rings (SSSR count). The van der Waals surface area contributed by atoms with E-state index < -0.39 is 16.1 Å². The molecule has 0 bridgehead atoms. The molecule has 0 radical (unpaired) electrons. The highest BCUT2D eigenvalue weighted by Gasteiger charge is 2.13. The second-order valence-corrected chi connectivity index (χ2v) is 12.8. The van der Waals surface area contributed by atoms with E-state index in [9.17, 15) is 13.5 Å². The lowest BCUT2D eigenvalue weighted by Crippen LogP contribution is -2.27. The second-order valence-electron chi connectivity index (χ2n) is 10.7. The normalized spacial score (nSPS) is 12.7. The zero-order valence-electron chi connectivity index (χ0n) is 24.1. The summed E-state index contributed by atoms with van der Waals surface area (Å²) >= 11 is 0. The topological polar surface area (TPSA) is 57.6 Å². The van der Waals surface area contributed by atoms with Gasteiger partial charge in [0.05, 0.1) is 10.6 Å². The first-order valence-corrected chi connectivity index (χ1v) is 16.5. The van der Waals surface area contributed by atoms with Gasteiger partial charge in [0.15, 0.2) is 9.84 Å². The summed E-state index contributed by atoms with van der Waals surface area (Å²) in [5, 5.41) is 9.69. The molecule has 1 atom stereocenters. The van der Waals surface area contributed by atoms with Crippen LogP contribution in [-0.2, 0) is 9.84 Å². The van der Waals surface area contributed by atoms with Crippen molar-refractivity contribution in [2.24, 2.45) is 0 Å². The van der Waals surface area contributed by atoms with E-state index in [-0.39, 0.29) is 5.75 Å². The van der Waals surface area contributed by atoms with Gasteiger partial charge in [0, 0.05) is 12.7 Å². The van der Waals surface area contributed by atoms with Crippen molar-refractivity contribution < 1.29 is 13.5 Å². The molecule has 1 N–H and O–H groups in total. The molecule has 0 aromatic heterocycles. The van der Waals surface area contributed by atoms with Crippen molar-refractivity contribution in [3.8, 4) is 0 Å². The van der Waals surface area contributed by atoms with Crippen molar-refractivity contribution in [3.05, 3.63) is 59.7 Å². The molecule has 0 saturated carbocycles. The Kier molecular flexibility index (Phi) is 15.4. The number of unbranched alkanes of at least 4 members (excludes halogenated alkanes) is 13. The Labute approximate surface area is 233 Å². The van der Waals surface area contributed by atoms with Crippen LogP contribution in [0.25, 0.3) is 12.2 Å².